The molecule has 1 aliphatic rings. The molecular formula is C27H28Cl2N6O2. The minimum Gasteiger partial charge on any atom is -0.388 e. The van der Waals surface area contributed by atoms with E-state index in [4.69, 9.17) is 28.0 Å². The molecule has 3 atom stereocenters. The molecule has 2 aromatic carbocycles. The molecule has 37 heavy (non-hydrogen) atoms. The van der Waals surface area contributed by atoms with Crippen molar-refractivity contribution in [2.24, 2.45) is 0 Å². The quantitative estimate of drug-likeness (QED) is 0.343. The van der Waals surface area contributed by atoms with Crippen molar-refractivity contribution in [2.75, 3.05) is 23.3 Å². The summed E-state index contributed by atoms with van der Waals surface area (Å²) in [4.78, 5) is 27.0. The molecule has 1 saturated heterocycles. The van der Waals surface area contributed by atoms with E-state index in [1.54, 1.807) is 0 Å². The summed E-state index contributed by atoms with van der Waals surface area (Å²) in [7, 11) is 0. The number of aromatic nitrogens is 3. The van der Waals surface area contributed by atoms with Gasteiger partial charge in [-0.05, 0) is 51.1 Å². The van der Waals surface area contributed by atoms with Crippen molar-refractivity contribution in [2.45, 2.75) is 39.0 Å². The summed E-state index contributed by atoms with van der Waals surface area (Å²) in [5, 5.41) is 12.4. The van der Waals surface area contributed by atoms with Gasteiger partial charge in [0.15, 0.2) is 11.8 Å². The maximum absolute atomic E-state index is 13.3. The molecule has 1 aliphatic heterocycles. The number of benzene rings is 2. The Labute approximate surface area is 225 Å². The Morgan fingerprint density at radius 3 is 2.38 bits per heavy atom. The zero-order valence-corrected chi connectivity index (χ0v) is 22.3. The first kappa shape index (κ1) is 25.3. The van der Waals surface area contributed by atoms with Gasteiger partial charge >= 0.3 is 0 Å². The molecule has 0 aliphatic carbocycles. The summed E-state index contributed by atoms with van der Waals surface area (Å²) >= 11 is 12.6. The van der Waals surface area contributed by atoms with Crippen LogP contribution >= 0.6 is 23.2 Å². The van der Waals surface area contributed by atoms with Crippen molar-refractivity contribution in [3.8, 4) is 0 Å². The van der Waals surface area contributed by atoms with E-state index in [0.29, 0.717) is 44.3 Å². The zero-order valence-electron chi connectivity index (χ0n) is 20.8. The van der Waals surface area contributed by atoms with Gasteiger partial charge in [0.05, 0.1) is 10.0 Å². The molecular weight excluding hydrogens is 511 g/mol. The predicted octanol–water partition coefficient (Wildman–Crippen LogP) is 5.37. The highest BCUT2D eigenvalue weighted by molar-refractivity contribution is 6.35. The lowest BCUT2D eigenvalue weighted by atomic mass is 10.1. The summed E-state index contributed by atoms with van der Waals surface area (Å²) in [6, 6.07) is 16.1. The van der Waals surface area contributed by atoms with E-state index >= 15 is 0 Å². The van der Waals surface area contributed by atoms with Crippen LogP contribution in [-0.2, 0) is 0 Å². The number of piperazine rings is 1. The maximum Gasteiger partial charge on any atom is 0.276 e. The van der Waals surface area contributed by atoms with Gasteiger partial charge in [0.1, 0.15) is 5.52 Å². The van der Waals surface area contributed by atoms with Gasteiger partial charge in [-0.25, -0.2) is 0 Å². The van der Waals surface area contributed by atoms with E-state index in [0.717, 1.165) is 18.8 Å². The Kier molecular flexibility index (Phi) is 7.24. The summed E-state index contributed by atoms with van der Waals surface area (Å²) in [5.74, 6) is -0.330. The lowest BCUT2D eigenvalue weighted by Gasteiger charge is -2.37. The smallest absolute Gasteiger partial charge is 0.276 e. The molecule has 8 nitrogen and oxygen atoms in total. The molecule has 3 heterocycles. The van der Waals surface area contributed by atoms with Gasteiger partial charge in [-0.1, -0.05) is 46.2 Å². The number of amides is 1. The molecule has 1 fully saturated rings. The average molecular weight is 539 g/mol. The molecule has 1 unspecified atom stereocenters. The second-order valence-corrected chi connectivity index (χ2v) is 10.2. The number of nitrogens with one attached hydrogen (secondary N) is 2. The summed E-state index contributed by atoms with van der Waals surface area (Å²) in [6.45, 7) is 8.06. The van der Waals surface area contributed by atoms with Gasteiger partial charge in [0.2, 0.25) is 0 Å². The monoisotopic (exact) mass is 538 g/mol. The minimum absolute atomic E-state index is 0.253. The second-order valence-electron chi connectivity index (χ2n) is 9.38. The van der Waals surface area contributed by atoms with E-state index in [-0.39, 0.29) is 11.6 Å². The number of halogens is 2. The highest BCUT2D eigenvalue weighted by atomic mass is 35.5. The van der Waals surface area contributed by atoms with Gasteiger partial charge in [0, 0.05) is 59.9 Å². The number of para-hydroxylation sites is 1. The highest BCUT2D eigenvalue weighted by Gasteiger charge is 2.23. The van der Waals surface area contributed by atoms with Crippen LogP contribution in [0.2, 0.25) is 10.0 Å². The van der Waals surface area contributed by atoms with Crippen molar-refractivity contribution in [3.05, 3.63) is 82.2 Å². The molecule has 5 rings (SSSR count). The number of carbonyl (C=O) groups excluding carboxylic acids is 1. The molecule has 4 aromatic rings. The van der Waals surface area contributed by atoms with Crippen LogP contribution in [0.15, 0.2) is 60.9 Å². The molecule has 0 saturated carbocycles. The topological polar surface area (TPSA) is 84.3 Å². The van der Waals surface area contributed by atoms with Crippen molar-refractivity contribution in [3.63, 3.8) is 0 Å². The van der Waals surface area contributed by atoms with E-state index in [9.17, 15) is 4.79 Å². The fraction of sp³-hybridized carbons (Fsp3) is 0.296. The summed E-state index contributed by atoms with van der Waals surface area (Å²) in [5.41, 5.74) is 3.32. The van der Waals surface area contributed by atoms with Crippen LogP contribution < -0.4 is 20.4 Å². The number of anilines is 2. The Balaban J connectivity index is 1.36. The number of carbonyl (C=O) groups is 1. The number of pyridine rings is 1. The van der Waals surface area contributed by atoms with E-state index in [2.05, 4.69) is 39.5 Å². The lowest BCUT2D eigenvalue weighted by molar-refractivity contribution is 0.0321. The standard InChI is InChI=1S/C27H28Cl2N6O2/c1-16-14-34(15-17(2)31-16)20-10-8-19(9-11-20)32-27(36)26-21-6-4-5-7-24(21)35(33-26)37-18(3)25-22(28)12-30-13-23(25)29/h4-13,16-18,31H,14-15H2,1-3H3,(H,32,36)/t16-,17+,18?. The maximum atomic E-state index is 13.3. The van der Waals surface area contributed by atoms with Crippen LogP contribution in [0.4, 0.5) is 11.4 Å². The second kappa shape index (κ2) is 10.6. The minimum atomic E-state index is -0.537. The van der Waals surface area contributed by atoms with Crippen molar-refractivity contribution >= 4 is 51.4 Å². The van der Waals surface area contributed by atoms with Gasteiger partial charge in [-0.15, -0.1) is 5.10 Å². The van der Waals surface area contributed by atoms with Crippen LogP contribution in [-0.4, -0.2) is 46.0 Å². The Morgan fingerprint density at radius 2 is 1.70 bits per heavy atom. The van der Waals surface area contributed by atoms with Crippen LogP contribution in [0.25, 0.3) is 10.9 Å². The average Bonchev–Trinajstić information content (AvgIpc) is 3.22. The van der Waals surface area contributed by atoms with Crippen molar-refractivity contribution < 1.29 is 9.63 Å². The van der Waals surface area contributed by atoms with Gasteiger partial charge in [-0.3, -0.25) is 9.78 Å². The predicted molar refractivity (Wildman–Crippen MR) is 148 cm³/mol. The summed E-state index contributed by atoms with van der Waals surface area (Å²) in [6.07, 6.45) is 2.49. The highest BCUT2D eigenvalue weighted by Crippen LogP contribution is 2.31. The largest absolute Gasteiger partial charge is 0.388 e. The number of nitrogens with zero attached hydrogens (tertiary/aromatic N) is 4. The molecule has 1 amide bonds. The first-order valence-electron chi connectivity index (χ1n) is 12.2. The van der Waals surface area contributed by atoms with Gasteiger partial charge < -0.3 is 20.4 Å². The van der Waals surface area contributed by atoms with Crippen LogP contribution in [0.3, 0.4) is 0 Å². The van der Waals surface area contributed by atoms with Crippen molar-refractivity contribution in [1.82, 2.24) is 20.2 Å². The number of hydrogen-bond donors (Lipinski definition) is 2. The van der Waals surface area contributed by atoms with Crippen LogP contribution in [0, 0.1) is 0 Å². The van der Waals surface area contributed by atoms with Crippen molar-refractivity contribution in [1.29, 1.82) is 0 Å². The zero-order chi connectivity index (χ0) is 26.1. The fourth-order valence-corrected chi connectivity index (χ4v) is 5.45. The van der Waals surface area contributed by atoms with Crippen LogP contribution in [0.5, 0.6) is 0 Å². The SMILES string of the molecule is CC(On1nc(C(=O)Nc2ccc(N3C[C@@H](C)N[C@@H](C)C3)cc2)c2ccccc21)c1c(Cl)cncc1Cl. The lowest BCUT2D eigenvalue weighted by Crippen LogP contribution is -2.54. The number of hydrogen-bond acceptors (Lipinski definition) is 6. The van der Waals surface area contributed by atoms with E-state index < -0.39 is 6.10 Å². The third-order valence-electron chi connectivity index (χ3n) is 6.37. The van der Waals surface area contributed by atoms with Crippen LogP contribution in [0.1, 0.15) is 42.9 Å². The Morgan fingerprint density at radius 1 is 1.05 bits per heavy atom. The van der Waals surface area contributed by atoms with E-state index in [1.165, 1.54) is 17.2 Å². The molecule has 2 aromatic heterocycles. The molecule has 0 radical (unpaired) electrons. The van der Waals surface area contributed by atoms with Gasteiger partial charge in [0.25, 0.3) is 5.91 Å². The Hall–Kier alpha value is -3.33. The summed E-state index contributed by atoms with van der Waals surface area (Å²) < 4.78 is 0. The molecule has 192 valence electrons. The first-order valence-corrected chi connectivity index (χ1v) is 12.9. The third-order valence-corrected chi connectivity index (χ3v) is 6.98. The Bertz CT molecular complexity index is 1390. The molecule has 2 N–H and O–H groups in total. The molecule has 0 bridgehead atoms. The molecule has 0 spiro atoms. The van der Waals surface area contributed by atoms with E-state index in [1.807, 2.05) is 55.5 Å². The number of rotatable bonds is 6. The first-order chi connectivity index (χ1) is 17.8. The number of fused-ring (bicyclic) bond motifs is 1. The third kappa shape index (κ3) is 5.37. The van der Waals surface area contributed by atoms with Gasteiger partial charge in [-0.2, -0.15) is 0 Å². The molecule has 10 heteroatoms. The normalized spacial score (nSPS) is 18.6. The fourth-order valence-electron chi connectivity index (χ4n) is 4.78.